The number of carbonyl (C=O) groups is 1. The molecule has 2 heterocycles. The van der Waals surface area contributed by atoms with Crippen LogP contribution in [-0.2, 0) is 11.3 Å². The van der Waals surface area contributed by atoms with Gasteiger partial charge in [0.1, 0.15) is 11.5 Å². The lowest BCUT2D eigenvalue weighted by molar-refractivity contribution is -0.114. The number of nitrogens with zero attached hydrogens (tertiary/aromatic N) is 2. The molecule has 5 nitrogen and oxygen atoms in total. The summed E-state index contributed by atoms with van der Waals surface area (Å²) in [6, 6.07) is 16.7. The zero-order chi connectivity index (χ0) is 20.9. The van der Waals surface area contributed by atoms with Crippen LogP contribution in [0, 0.1) is 0 Å². The number of ether oxygens (including phenoxy) is 1. The van der Waals surface area contributed by atoms with Gasteiger partial charge in [0.25, 0.3) is 5.91 Å². The van der Waals surface area contributed by atoms with Gasteiger partial charge in [0.15, 0.2) is 5.13 Å². The van der Waals surface area contributed by atoms with Gasteiger partial charge in [-0.3, -0.25) is 9.69 Å². The fraction of sp³-hybridized carbons (Fsp3) is 0.130. The van der Waals surface area contributed by atoms with E-state index in [1.54, 1.807) is 29.4 Å². The Balaban J connectivity index is 1.66. The van der Waals surface area contributed by atoms with Gasteiger partial charge in [-0.05, 0) is 55.0 Å². The molecule has 0 atom stereocenters. The molecule has 30 heavy (non-hydrogen) atoms. The largest absolute Gasteiger partial charge is 0.494 e. The van der Waals surface area contributed by atoms with Gasteiger partial charge in [-0.1, -0.05) is 41.1 Å². The van der Waals surface area contributed by atoms with Crippen LogP contribution in [0.1, 0.15) is 18.2 Å². The number of thiazole rings is 1. The molecular weight excluding hydrogens is 420 g/mol. The highest BCUT2D eigenvalue weighted by molar-refractivity contribution is 7.22. The highest BCUT2D eigenvalue weighted by Gasteiger charge is 2.20. The first-order valence-corrected chi connectivity index (χ1v) is 10.6. The van der Waals surface area contributed by atoms with Crippen molar-refractivity contribution in [2.75, 3.05) is 11.5 Å². The molecule has 4 aromatic rings. The third kappa shape index (κ3) is 4.56. The van der Waals surface area contributed by atoms with E-state index in [2.05, 4.69) is 4.98 Å². The Hall–Kier alpha value is -3.09. The lowest BCUT2D eigenvalue weighted by atomic mass is 10.2. The van der Waals surface area contributed by atoms with Crippen molar-refractivity contribution in [3.05, 3.63) is 83.3 Å². The van der Waals surface area contributed by atoms with Crippen LogP contribution in [0.5, 0.6) is 5.75 Å². The molecule has 0 unspecified atom stereocenters. The number of halogens is 1. The predicted octanol–water partition coefficient (Wildman–Crippen LogP) is 6.19. The number of rotatable bonds is 7. The summed E-state index contributed by atoms with van der Waals surface area (Å²) in [5, 5.41) is 1.17. The molecule has 0 spiro atoms. The van der Waals surface area contributed by atoms with Gasteiger partial charge in [-0.2, -0.15) is 0 Å². The molecule has 0 fully saturated rings. The Kier molecular flexibility index (Phi) is 6.16. The first-order chi connectivity index (χ1) is 14.6. The van der Waals surface area contributed by atoms with Crippen LogP contribution in [0.25, 0.3) is 16.3 Å². The van der Waals surface area contributed by atoms with Crippen molar-refractivity contribution < 1.29 is 13.9 Å². The molecule has 7 heteroatoms. The molecule has 0 saturated heterocycles. The number of amides is 1. The number of fused-ring (bicyclic) bond motifs is 1. The summed E-state index contributed by atoms with van der Waals surface area (Å²) >= 11 is 7.63. The summed E-state index contributed by atoms with van der Waals surface area (Å²) in [7, 11) is 0. The Morgan fingerprint density at radius 2 is 2.10 bits per heavy atom. The van der Waals surface area contributed by atoms with E-state index in [0.29, 0.717) is 22.5 Å². The molecular formula is C23H19ClN2O3S. The fourth-order valence-electron chi connectivity index (χ4n) is 2.92. The number of anilines is 1. The fourth-order valence-corrected chi connectivity index (χ4v) is 4.12. The second-order valence-electron chi connectivity index (χ2n) is 6.42. The van der Waals surface area contributed by atoms with E-state index < -0.39 is 0 Å². The van der Waals surface area contributed by atoms with Crippen molar-refractivity contribution in [2.24, 2.45) is 0 Å². The third-order valence-electron chi connectivity index (χ3n) is 4.36. The van der Waals surface area contributed by atoms with E-state index in [-0.39, 0.29) is 12.5 Å². The normalized spacial score (nSPS) is 11.3. The Morgan fingerprint density at radius 1 is 1.23 bits per heavy atom. The number of carbonyl (C=O) groups excluding carboxylic acids is 1. The number of aromatic nitrogens is 1. The van der Waals surface area contributed by atoms with Gasteiger partial charge in [-0.25, -0.2) is 4.98 Å². The minimum absolute atomic E-state index is 0.213. The van der Waals surface area contributed by atoms with Gasteiger partial charge in [0.2, 0.25) is 0 Å². The maximum absolute atomic E-state index is 13.1. The van der Waals surface area contributed by atoms with Gasteiger partial charge >= 0.3 is 0 Å². The third-order valence-corrected chi connectivity index (χ3v) is 5.75. The molecule has 0 radical (unpaired) electrons. The molecule has 152 valence electrons. The van der Waals surface area contributed by atoms with Gasteiger partial charge in [0.05, 0.1) is 29.6 Å². The summed E-state index contributed by atoms with van der Waals surface area (Å²) in [4.78, 5) is 19.3. The Morgan fingerprint density at radius 3 is 2.87 bits per heavy atom. The quantitative estimate of drug-likeness (QED) is 0.323. The molecule has 0 aliphatic carbocycles. The second kappa shape index (κ2) is 9.15. The molecule has 0 saturated carbocycles. The lowest BCUT2D eigenvalue weighted by Gasteiger charge is -2.16. The van der Waals surface area contributed by atoms with Crippen molar-refractivity contribution >= 4 is 50.3 Å². The van der Waals surface area contributed by atoms with E-state index >= 15 is 0 Å². The van der Waals surface area contributed by atoms with Crippen molar-refractivity contribution in [3.8, 4) is 5.75 Å². The van der Waals surface area contributed by atoms with E-state index in [1.807, 2.05) is 49.4 Å². The lowest BCUT2D eigenvalue weighted by Crippen LogP contribution is -2.28. The zero-order valence-corrected chi connectivity index (χ0v) is 17.8. The van der Waals surface area contributed by atoms with Crippen LogP contribution in [0.2, 0.25) is 5.02 Å². The summed E-state index contributed by atoms with van der Waals surface area (Å²) in [5.74, 6) is 1.24. The molecule has 4 rings (SSSR count). The van der Waals surface area contributed by atoms with E-state index in [9.17, 15) is 4.79 Å². The highest BCUT2D eigenvalue weighted by Crippen LogP contribution is 2.32. The molecule has 0 bridgehead atoms. The van der Waals surface area contributed by atoms with Crippen LogP contribution < -0.4 is 9.64 Å². The molecule has 0 N–H and O–H groups in total. The smallest absolute Gasteiger partial charge is 0.253 e. The van der Waals surface area contributed by atoms with E-state index in [4.69, 9.17) is 20.8 Å². The van der Waals surface area contributed by atoms with Crippen LogP contribution in [0.15, 0.2) is 71.4 Å². The SMILES string of the molecule is CCOc1ccc2nc(N(Cc3ccco3)C(=O)/C=C/c3ccccc3Cl)sc2c1. The van der Waals surface area contributed by atoms with Crippen LogP contribution in [0.3, 0.4) is 0 Å². The van der Waals surface area contributed by atoms with Gasteiger partial charge in [0, 0.05) is 11.1 Å². The summed E-state index contributed by atoms with van der Waals surface area (Å²) in [6.45, 7) is 2.81. The van der Waals surface area contributed by atoms with Crippen molar-refractivity contribution in [3.63, 3.8) is 0 Å². The van der Waals surface area contributed by atoms with Crippen LogP contribution in [-0.4, -0.2) is 17.5 Å². The van der Waals surface area contributed by atoms with Crippen LogP contribution >= 0.6 is 22.9 Å². The zero-order valence-electron chi connectivity index (χ0n) is 16.2. The monoisotopic (exact) mass is 438 g/mol. The first-order valence-electron chi connectivity index (χ1n) is 9.44. The molecule has 2 aromatic heterocycles. The molecule has 1 amide bonds. The van der Waals surface area contributed by atoms with Crippen molar-refractivity contribution in [1.82, 2.24) is 4.98 Å². The summed E-state index contributed by atoms with van der Waals surface area (Å²) in [5.41, 5.74) is 1.59. The number of furan rings is 1. The maximum Gasteiger partial charge on any atom is 0.253 e. The Bertz CT molecular complexity index is 1180. The summed E-state index contributed by atoms with van der Waals surface area (Å²) in [6.07, 6.45) is 4.80. The van der Waals surface area contributed by atoms with Crippen LogP contribution in [0.4, 0.5) is 5.13 Å². The van der Waals surface area contributed by atoms with Gasteiger partial charge in [-0.15, -0.1) is 0 Å². The molecule has 0 aliphatic heterocycles. The minimum atomic E-state index is -0.213. The Labute approximate surface area is 183 Å². The predicted molar refractivity (Wildman–Crippen MR) is 121 cm³/mol. The van der Waals surface area contributed by atoms with Crippen molar-refractivity contribution in [1.29, 1.82) is 0 Å². The molecule has 0 aliphatic rings. The standard InChI is InChI=1S/C23H19ClN2O3S/c1-2-28-17-10-11-20-21(14-17)30-23(25-20)26(15-18-7-5-13-29-18)22(27)12-9-16-6-3-4-8-19(16)24/h3-14H,2,15H2,1H3/b12-9+. The minimum Gasteiger partial charge on any atom is -0.494 e. The highest BCUT2D eigenvalue weighted by atomic mass is 35.5. The van der Waals surface area contributed by atoms with Crippen molar-refractivity contribution in [2.45, 2.75) is 13.5 Å². The first kappa shape index (κ1) is 20.2. The average Bonchev–Trinajstić information content (AvgIpc) is 3.40. The maximum atomic E-state index is 13.1. The number of hydrogen-bond acceptors (Lipinski definition) is 5. The summed E-state index contributed by atoms with van der Waals surface area (Å²) < 4.78 is 12.0. The average molecular weight is 439 g/mol. The van der Waals surface area contributed by atoms with Gasteiger partial charge < -0.3 is 9.15 Å². The number of benzene rings is 2. The van der Waals surface area contributed by atoms with E-state index in [1.165, 1.54) is 17.4 Å². The molecule has 2 aromatic carbocycles. The topological polar surface area (TPSA) is 55.6 Å². The second-order valence-corrected chi connectivity index (χ2v) is 7.83. The number of hydrogen-bond donors (Lipinski definition) is 0. The van der Waals surface area contributed by atoms with E-state index in [0.717, 1.165) is 21.5 Å².